The van der Waals surface area contributed by atoms with Gasteiger partial charge in [0.05, 0.1) is 0 Å². The predicted octanol–water partition coefficient (Wildman–Crippen LogP) is 3.36. The molecule has 0 rings (SSSR count). The van der Waals surface area contributed by atoms with Gasteiger partial charge in [-0.2, -0.15) is 13.2 Å². The van der Waals surface area contributed by atoms with Gasteiger partial charge in [-0.1, -0.05) is 0 Å². The molecule has 2 unspecified atom stereocenters. The second-order valence-electron chi connectivity index (χ2n) is 2.39. The average Bonchev–Trinajstić information content (AvgIpc) is 1.58. The van der Waals surface area contributed by atoms with Gasteiger partial charge >= 0.3 is 6.18 Å². The van der Waals surface area contributed by atoms with Crippen LogP contribution in [0.2, 0.25) is 0 Å². The standard InChI is InChI=1S/C5H6BrF5/c1-3(7,4(2,6)8)5(9,10)11/h1-2H3. The molecule has 0 nitrogen and oxygen atoms in total. The first kappa shape index (κ1) is 11.1. The average molecular weight is 241 g/mol. The van der Waals surface area contributed by atoms with Crippen molar-refractivity contribution in [2.75, 3.05) is 0 Å². The van der Waals surface area contributed by atoms with Gasteiger partial charge in [0.25, 0.3) is 0 Å². The lowest BCUT2D eigenvalue weighted by Crippen LogP contribution is -2.50. The van der Waals surface area contributed by atoms with Gasteiger partial charge < -0.3 is 0 Å². The summed E-state index contributed by atoms with van der Waals surface area (Å²) in [6.07, 6.45) is -5.21. The molecule has 0 aliphatic carbocycles. The molecular weight excluding hydrogens is 235 g/mol. The summed E-state index contributed by atoms with van der Waals surface area (Å²) in [5.74, 6) is 0. The summed E-state index contributed by atoms with van der Waals surface area (Å²) >= 11 is 1.97. The Kier molecular flexibility index (Phi) is 2.60. The van der Waals surface area contributed by atoms with E-state index < -0.39 is 16.4 Å². The van der Waals surface area contributed by atoms with Gasteiger partial charge in [-0.25, -0.2) is 8.78 Å². The highest BCUT2D eigenvalue weighted by atomic mass is 79.9. The van der Waals surface area contributed by atoms with E-state index >= 15 is 0 Å². The van der Waals surface area contributed by atoms with Crippen LogP contribution in [0.3, 0.4) is 0 Å². The van der Waals surface area contributed by atoms with E-state index in [-0.39, 0.29) is 6.92 Å². The topological polar surface area (TPSA) is 0 Å². The van der Waals surface area contributed by atoms with Crippen LogP contribution in [0.4, 0.5) is 22.0 Å². The van der Waals surface area contributed by atoms with Crippen LogP contribution in [-0.2, 0) is 0 Å². The van der Waals surface area contributed by atoms with Crippen LogP contribution >= 0.6 is 15.9 Å². The third kappa shape index (κ3) is 2.04. The van der Waals surface area contributed by atoms with Crippen molar-refractivity contribution in [1.82, 2.24) is 0 Å². The van der Waals surface area contributed by atoms with E-state index in [1.54, 1.807) is 0 Å². The minimum atomic E-state index is -5.21. The molecule has 0 radical (unpaired) electrons. The van der Waals surface area contributed by atoms with Crippen LogP contribution < -0.4 is 0 Å². The third-order valence-corrected chi connectivity index (χ3v) is 2.10. The fraction of sp³-hybridized carbons (Fsp3) is 1.00. The van der Waals surface area contributed by atoms with E-state index in [0.717, 1.165) is 0 Å². The monoisotopic (exact) mass is 240 g/mol. The van der Waals surface area contributed by atoms with Crippen molar-refractivity contribution in [2.24, 2.45) is 0 Å². The fourth-order valence-electron chi connectivity index (χ4n) is 0.249. The van der Waals surface area contributed by atoms with E-state index in [4.69, 9.17) is 0 Å². The molecule has 0 heterocycles. The molecule has 0 aromatic rings. The Balaban J connectivity index is 4.75. The molecule has 11 heavy (non-hydrogen) atoms. The molecule has 0 aromatic carbocycles. The lowest BCUT2D eigenvalue weighted by atomic mass is 10.0. The van der Waals surface area contributed by atoms with Gasteiger partial charge in [-0.15, -0.1) is 0 Å². The molecule has 6 heteroatoms. The Hall–Kier alpha value is 0.130. The van der Waals surface area contributed by atoms with E-state index in [9.17, 15) is 22.0 Å². The van der Waals surface area contributed by atoms with Crippen LogP contribution in [0.5, 0.6) is 0 Å². The maximum atomic E-state index is 12.6. The van der Waals surface area contributed by atoms with Gasteiger partial charge in [0, 0.05) is 0 Å². The van der Waals surface area contributed by atoms with Crippen molar-refractivity contribution < 1.29 is 22.0 Å². The molecule has 0 N–H and O–H groups in total. The Labute approximate surface area is 68.9 Å². The number of rotatable bonds is 1. The van der Waals surface area contributed by atoms with Gasteiger partial charge in [0.1, 0.15) is 0 Å². The van der Waals surface area contributed by atoms with Crippen molar-refractivity contribution in [3.8, 4) is 0 Å². The third-order valence-electron chi connectivity index (χ3n) is 1.36. The summed E-state index contributed by atoms with van der Waals surface area (Å²) in [4.78, 5) is 0. The quantitative estimate of drug-likeness (QED) is 0.487. The summed E-state index contributed by atoms with van der Waals surface area (Å²) in [6.45, 7) is 0.613. The molecule has 0 saturated carbocycles. The molecule has 0 aromatic heterocycles. The minimum absolute atomic E-state index is 0.141. The number of alkyl halides is 6. The van der Waals surface area contributed by atoms with Crippen molar-refractivity contribution in [3.63, 3.8) is 0 Å². The Morgan fingerprint density at radius 1 is 0.909 bits per heavy atom. The zero-order chi connectivity index (χ0) is 9.50. The number of hydrogen-bond donors (Lipinski definition) is 0. The van der Waals surface area contributed by atoms with Crippen molar-refractivity contribution in [1.29, 1.82) is 0 Å². The summed E-state index contributed by atoms with van der Waals surface area (Å²) in [5.41, 5.74) is -3.88. The highest BCUT2D eigenvalue weighted by molar-refractivity contribution is 9.10. The fourth-order valence-corrected chi connectivity index (χ4v) is 0.474. The molecule has 0 amide bonds. The van der Waals surface area contributed by atoms with Crippen LogP contribution in [0.15, 0.2) is 0 Å². The molecule has 0 bridgehead atoms. The molecule has 0 saturated heterocycles. The lowest BCUT2D eigenvalue weighted by Gasteiger charge is -2.30. The van der Waals surface area contributed by atoms with E-state index in [2.05, 4.69) is 0 Å². The van der Waals surface area contributed by atoms with Crippen LogP contribution in [-0.4, -0.2) is 16.4 Å². The molecule has 0 fully saturated rings. The zero-order valence-corrected chi connectivity index (χ0v) is 7.35. The van der Waals surface area contributed by atoms with Crippen LogP contribution in [0.25, 0.3) is 0 Å². The Morgan fingerprint density at radius 3 is 1.18 bits per heavy atom. The summed E-state index contributed by atoms with van der Waals surface area (Å²) in [6, 6.07) is 0. The van der Waals surface area contributed by atoms with Gasteiger partial charge in [-0.05, 0) is 29.8 Å². The normalized spacial score (nSPS) is 24.0. The maximum Gasteiger partial charge on any atom is 0.426 e. The van der Waals surface area contributed by atoms with Crippen molar-refractivity contribution in [3.05, 3.63) is 0 Å². The predicted molar refractivity (Wildman–Crippen MR) is 34.0 cm³/mol. The molecule has 0 aliphatic rings. The first-order valence-corrected chi connectivity index (χ1v) is 3.43. The number of halogens is 6. The summed E-state index contributed by atoms with van der Waals surface area (Å²) in [5, 5.41) is 0. The van der Waals surface area contributed by atoms with Gasteiger partial charge in [-0.3, -0.25) is 0 Å². The molecule has 0 aliphatic heterocycles. The maximum absolute atomic E-state index is 12.6. The van der Waals surface area contributed by atoms with Crippen molar-refractivity contribution in [2.45, 2.75) is 30.3 Å². The van der Waals surface area contributed by atoms with Gasteiger partial charge in [0.15, 0.2) is 0 Å². The Morgan fingerprint density at radius 2 is 1.18 bits per heavy atom. The van der Waals surface area contributed by atoms with Gasteiger partial charge in [0.2, 0.25) is 10.2 Å². The molecule has 0 spiro atoms. The largest absolute Gasteiger partial charge is 0.426 e. The molecule has 2 atom stereocenters. The number of hydrogen-bond acceptors (Lipinski definition) is 0. The minimum Gasteiger partial charge on any atom is -0.230 e. The van der Waals surface area contributed by atoms with E-state index in [0.29, 0.717) is 6.92 Å². The van der Waals surface area contributed by atoms with E-state index in [1.165, 1.54) is 0 Å². The lowest BCUT2D eigenvalue weighted by molar-refractivity contribution is -0.245. The second-order valence-corrected chi connectivity index (χ2v) is 3.88. The van der Waals surface area contributed by atoms with E-state index in [1.807, 2.05) is 15.9 Å². The SMILES string of the molecule is CC(F)(Br)C(C)(F)C(F)(F)F. The van der Waals surface area contributed by atoms with Crippen LogP contribution in [0.1, 0.15) is 13.8 Å². The van der Waals surface area contributed by atoms with Crippen molar-refractivity contribution >= 4 is 15.9 Å². The zero-order valence-electron chi connectivity index (χ0n) is 5.77. The highest BCUT2D eigenvalue weighted by Gasteiger charge is 2.63. The Bertz CT molecular complexity index is 126. The second kappa shape index (κ2) is 2.57. The molecule has 68 valence electrons. The molecular formula is C5H6BrF5. The first-order valence-electron chi connectivity index (χ1n) is 2.63. The first-order chi connectivity index (χ1) is 4.50. The van der Waals surface area contributed by atoms with Crippen LogP contribution in [0, 0.1) is 0 Å². The smallest absolute Gasteiger partial charge is 0.230 e. The highest BCUT2D eigenvalue weighted by Crippen LogP contribution is 2.46. The summed E-state index contributed by atoms with van der Waals surface area (Å²) < 4.78 is 57.0. The summed E-state index contributed by atoms with van der Waals surface area (Å²) in [7, 11) is 0.